The van der Waals surface area contributed by atoms with E-state index in [1.807, 2.05) is 42.8 Å². The topological polar surface area (TPSA) is 43.6 Å². The maximum absolute atomic E-state index is 11.6. The Balaban J connectivity index is 2.33. The quantitative estimate of drug-likeness (QED) is 0.763. The van der Waals surface area contributed by atoms with Crippen molar-refractivity contribution in [2.45, 2.75) is 26.7 Å². The number of carbonyl (C=O) groups is 1. The Hall–Kier alpha value is -1.84. The number of aryl methyl sites for hydroxylation is 1. The molecule has 0 aromatic carbocycles. The van der Waals surface area contributed by atoms with Crippen molar-refractivity contribution in [3.8, 4) is 0 Å². The summed E-state index contributed by atoms with van der Waals surface area (Å²) in [6, 6.07) is 3.99. The molecule has 17 heavy (non-hydrogen) atoms. The van der Waals surface area contributed by atoms with Crippen LogP contribution in [0, 0.1) is 6.92 Å². The summed E-state index contributed by atoms with van der Waals surface area (Å²) in [5, 5.41) is 0. The zero-order chi connectivity index (χ0) is 12.4. The number of aromatic nitrogens is 2. The Kier molecular flexibility index (Phi) is 3.13. The van der Waals surface area contributed by atoms with Gasteiger partial charge in [0.15, 0.2) is 0 Å². The number of hydrogen-bond acceptors (Lipinski definition) is 3. The summed E-state index contributed by atoms with van der Waals surface area (Å²) in [5.41, 5.74) is 2.75. The van der Waals surface area contributed by atoms with Crippen LogP contribution in [0.25, 0.3) is 5.65 Å². The van der Waals surface area contributed by atoms with E-state index in [1.54, 1.807) is 6.92 Å². The van der Waals surface area contributed by atoms with E-state index in [1.165, 1.54) is 0 Å². The smallest absolute Gasteiger partial charge is 0.314 e. The van der Waals surface area contributed by atoms with Gasteiger partial charge in [-0.2, -0.15) is 0 Å². The van der Waals surface area contributed by atoms with Gasteiger partial charge >= 0.3 is 5.97 Å². The molecule has 1 atom stereocenters. The predicted molar refractivity (Wildman–Crippen MR) is 65.0 cm³/mol. The molecule has 0 saturated carbocycles. The fourth-order valence-corrected chi connectivity index (χ4v) is 1.70. The molecule has 0 aliphatic rings. The molecule has 2 heterocycles. The SMILES string of the molecule is CCOC(=O)C(C)c1cn2ccc(C)cc2n1. The summed E-state index contributed by atoms with van der Waals surface area (Å²) in [6.45, 7) is 6.03. The predicted octanol–water partition coefficient (Wildman–Crippen LogP) is 2.31. The highest BCUT2D eigenvalue weighted by Crippen LogP contribution is 2.17. The van der Waals surface area contributed by atoms with Crippen molar-refractivity contribution in [3.63, 3.8) is 0 Å². The lowest BCUT2D eigenvalue weighted by atomic mass is 10.1. The van der Waals surface area contributed by atoms with Crippen molar-refractivity contribution < 1.29 is 9.53 Å². The highest BCUT2D eigenvalue weighted by atomic mass is 16.5. The van der Waals surface area contributed by atoms with Gasteiger partial charge in [-0.05, 0) is 38.5 Å². The number of ether oxygens (including phenoxy) is 1. The van der Waals surface area contributed by atoms with E-state index in [9.17, 15) is 4.79 Å². The molecule has 4 nitrogen and oxygen atoms in total. The van der Waals surface area contributed by atoms with Gasteiger partial charge in [-0.3, -0.25) is 4.79 Å². The Labute approximate surface area is 100 Å². The molecule has 0 saturated heterocycles. The fraction of sp³-hybridized carbons (Fsp3) is 0.385. The highest BCUT2D eigenvalue weighted by Gasteiger charge is 2.19. The third-order valence-corrected chi connectivity index (χ3v) is 2.72. The number of hydrogen-bond donors (Lipinski definition) is 0. The van der Waals surface area contributed by atoms with E-state index in [0.717, 1.165) is 16.9 Å². The van der Waals surface area contributed by atoms with Crippen molar-refractivity contribution in [1.82, 2.24) is 9.38 Å². The molecule has 0 bridgehead atoms. The minimum Gasteiger partial charge on any atom is -0.465 e. The van der Waals surface area contributed by atoms with Gasteiger partial charge in [-0.25, -0.2) is 4.98 Å². The average molecular weight is 232 g/mol. The molecular weight excluding hydrogens is 216 g/mol. The summed E-state index contributed by atoms with van der Waals surface area (Å²) in [7, 11) is 0. The van der Waals surface area contributed by atoms with Gasteiger partial charge in [0.1, 0.15) is 5.65 Å². The molecule has 4 heteroatoms. The first kappa shape index (κ1) is 11.6. The van der Waals surface area contributed by atoms with E-state index in [4.69, 9.17) is 4.74 Å². The minimum atomic E-state index is -0.324. The van der Waals surface area contributed by atoms with E-state index >= 15 is 0 Å². The lowest BCUT2D eigenvalue weighted by Crippen LogP contribution is -2.13. The van der Waals surface area contributed by atoms with Crippen molar-refractivity contribution in [1.29, 1.82) is 0 Å². The molecule has 2 aromatic heterocycles. The van der Waals surface area contributed by atoms with Crippen LogP contribution in [0.3, 0.4) is 0 Å². The van der Waals surface area contributed by atoms with Gasteiger partial charge in [-0.1, -0.05) is 0 Å². The average Bonchev–Trinajstić information content (AvgIpc) is 2.71. The molecule has 0 amide bonds. The first-order valence-corrected chi connectivity index (χ1v) is 5.73. The highest BCUT2D eigenvalue weighted by molar-refractivity contribution is 5.77. The van der Waals surface area contributed by atoms with Crippen LogP contribution in [0.5, 0.6) is 0 Å². The van der Waals surface area contributed by atoms with Crippen molar-refractivity contribution in [3.05, 3.63) is 35.8 Å². The second-order valence-corrected chi connectivity index (χ2v) is 4.11. The maximum atomic E-state index is 11.6. The Bertz CT molecular complexity index is 545. The number of rotatable bonds is 3. The van der Waals surface area contributed by atoms with Crippen LogP contribution in [0.15, 0.2) is 24.5 Å². The van der Waals surface area contributed by atoms with Crippen LogP contribution in [0.4, 0.5) is 0 Å². The Morgan fingerprint density at radius 3 is 3.06 bits per heavy atom. The molecule has 0 fully saturated rings. The lowest BCUT2D eigenvalue weighted by Gasteiger charge is -2.06. The molecule has 0 N–H and O–H groups in total. The molecule has 90 valence electrons. The Morgan fingerprint density at radius 2 is 2.35 bits per heavy atom. The summed E-state index contributed by atoms with van der Waals surface area (Å²) in [4.78, 5) is 16.1. The number of nitrogens with zero attached hydrogens (tertiary/aromatic N) is 2. The van der Waals surface area contributed by atoms with E-state index in [2.05, 4.69) is 4.98 Å². The molecule has 0 spiro atoms. The van der Waals surface area contributed by atoms with E-state index in [-0.39, 0.29) is 11.9 Å². The zero-order valence-corrected chi connectivity index (χ0v) is 10.3. The number of esters is 1. The zero-order valence-electron chi connectivity index (χ0n) is 10.3. The minimum absolute atomic E-state index is 0.229. The largest absolute Gasteiger partial charge is 0.465 e. The summed E-state index contributed by atoms with van der Waals surface area (Å²) in [6.07, 6.45) is 3.81. The van der Waals surface area contributed by atoms with Crippen molar-refractivity contribution in [2.75, 3.05) is 6.61 Å². The third kappa shape index (κ3) is 2.30. The number of imidazole rings is 1. The summed E-state index contributed by atoms with van der Waals surface area (Å²) < 4.78 is 6.90. The van der Waals surface area contributed by atoms with Crippen LogP contribution < -0.4 is 0 Å². The maximum Gasteiger partial charge on any atom is 0.314 e. The fourth-order valence-electron chi connectivity index (χ4n) is 1.70. The van der Waals surface area contributed by atoms with E-state index in [0.29, 0.717) is 6.61 Å². The molecule has 2 rings (SSSR count). The second kappa shape index (κ2) is 4.57. The molecule has 2 aromatic rings. The van der Waals surface area contributed by atoms with Gasteiger partial charge in [0.2, 0.25) is 0 Å². The molecular formula is C13H16N2O2. The van der Waals surface area contributed by atoms with Crippen LogP contribution in [-0.2, 0) is 9.53 Å². The number of fused-ring (bicyclic) bond motifs is 1. The van der Waals surface area contributed by atoms with Crippen LogP contribution >= 0.6 is 0 Å². The monoisotopic (exact) mass is 232 g/mol. The van der Waals surface area contributed by atoms with Crippen molar-refractivity contribution in [2.24, 2.45) is 0 Å². The first-order chi connectivity index (χ1) is 8.11. The van der Waals surface area contributed by atoms with Gasteiger partial charge in [0.25, 0.3) is 0 Å². The Morgan fingerprint density at radius 1 is 1.59 bits per heavy atom. The summed E-state index contributed by atoms with van der Waals surface area (Å²) >= 11 is 0. The van der Waals surface area contributed by atoms with Gasteiger partial charge in [0, 0.05) is 12.4 Å². The van der Waals surface area contributed by atoms with Crippen LogP contribution in [0.1, 0.15) is 31.0 Å². The number of carbonyl (C=O) groups excluding carboxylic acids is 1. The van der Waals surface area contributed by atoms with Gasteiger partial charge in [-0.15, -0.1) is 0 Å². The van der Waals surface area contributed by atoms with Gasteiger partial charge in [0.05, 0.1) is 18.2 Å². The third-order valence-electron chi connectivity index (χ3n) is 2.72. The normalized spacial score (nSPS) is 12.6. The number of pyridine rings is 1. The van der Waals surface area contributed by atoms with Crippen molar-refractivity contribution >= 4 is 11.6 Å². The van der Waals surface area contributed by atoms with Gasteiger partial charge < -0.3 is 9.14 Å². The molecule has 0 aliphatic heterocycles. The first-order valence-electron chi connectivity index (χ1n) is 5.73. The second-order valence-electron chi connectivity index (χ2n) is 4.11. The van der Waals surface area contributed by atoms with Crippen LogP contribution in [0.2, 0.25) is 0 Å². The molecule has 1 unspecified atom stereocenters. The molecule has 0 aliphatic carbocycles. The summed E-state index contributed by atoms with van der Waals surface area (Å²) in [5.74, 6) is -0.553. The standard InChI is InChI=1S/C13H16N2O2/c1-4-17-13(16)10(3)11-8-15-6-5-9(2)7-12(15)14-11/h5-8,10H,4H2,1-3H3. The molecule has 0 radical (unpaired) electrons. The lowest BCUT2D eigenvalue weighted by molar-refractivity contribution is -0.144. The van der Waals surface area contributed by atoms with E-state index < -0.39 is 0 Å². The van der Waals surface area contributed by atoms with Crippen LogP contribution in [-0.4, -0.2) is 22.0 Å².